The van der Waals surface area contributed by atoms with Crippen LogP contribution < -0.4 is 10.6 Å². The van der Waals surface area contributed by atoms with Crippen molar-refractivity contribution in [3.63, 3.8) is 0 Å². The monoisotopic (exact) mass is 554 g/mol. The van der Waals surface area contributed by atoms with E-state index in [1.807, 2.05) is 19.9 Å². The number of amidine groups is 1. The fraction of sp³-hybridized carbons (Fsp3) is 0.467. The molecule has 0 radical (unpaired) electrons. The van der Waals surface area contributed by atoms with Gasteiger partial charge in [-0.3, -0.25) is 19.8 Å². The lowest BCUT2D eigenvalue weighted by Gasteiger charge is -2.40. The number of unbranched alkanes of at least 4 members (excludes halogenated alkanes) is 1. The van der Waals surface area contributed by atoms with Crippen LogP contribution >= 0.6 is 11.6 Å². The highest BCUT2D eigenvalue weighted by Gasteiger charge is 2.41. The maximum absolute atomic E-state index is 14.0. The van der Waals surface area contributed by atoms with Gasteiger partial charge < -0.3 is 20.6 Å². The van der Waals surface area contributed by atoms with Crippen molar-refractivity contribution in [3.05, 3.63) is 70.2 Å². The number of amides is 2. The molecule has 3 rings (SSSR count). The fourth-order valence-electron chi connectivity index (χ4n) is 5.16. The Morgan fingerprint density at radius 2 is 1.77 bits per heavy atom. The number of carbonyl (C=O) groups excluding carboxylic acids is 2. The summed E-state index contributed by atoms with van der Waals surface area (Å²) in [6, 6.07) is 14.1. The van der Waals surface area contributed by atoms with Crippen LogP contribution in [0.3, 0.4) is 0 Å². The standard InChI is InChI=1S/C30H39ClN4O4/c1-4-5-15-33-27(32)23-11-6-7-12-24(23)28(38)34-30(2,3)26(21-9-8-10-22(31)19-21)29(39)35-16-13-20(14-17-35)18-25(36)37/h6-12,19-20,26H,4-5,13-18H2,1-3H3,(H2,32,33)(H,34,38)(H,36,37). The van der Waals surface area contributed by atoms with Crippen molar-refractivity contribution >= 4 is 35.2 Å². The predicted molar refractivity (Wildman–Crippen MR) is 153 cm³/mol. The predicted octanol–water partition coefficient (Wildman–Crippen LogP) is 5.06. The van der Waals surface area contributed by atoms with Crippen LogP contribution in [0, 0.1) is 11.3 Å². The van der Waals surface area contributed by atoms with E-state index in [1.165, 1.54) is 0 Å². The van der Waals surface area contributed by atoms with Gasteiger partial charge in [0, 0.05) is 36.6 Å². The molecule has 1 aliphatic rings. The van der Waals surface area contributed by atoms with Gasteiger partial charge in [0.25, 0.3) is 5.91 Å². The van der Waals surface area contributed by atoms with Gasteiger partial charge >= 0.3 is 5.97 Å². The molecule has 0 spiro atoms. The molecular formula is C30H39ClN4O4. The van der Waals surface area contributed by atoms with E-state index in [0.717, 1.165) is 12.8 Å². The summed E-state index contributed by atoms with van der Waals surface area (Å²) in [5, 5.41) is 24.3. The number of carboxylic acids is 1. The van der Waals surface area contributed by atoms with Crippen molar-refractivity contribution in [2.75, 3.05) is 19.6 Å². The molecule has 0 bridgehead atoms. The van der Waals surface area contributed by atoms with Crippen molar-refractivity contribution in [1.82, 2.24) is 15.5 Å². The molecule has 8 nitrogen and oxygen atoms in total. The van der Waals surface area contributed by atoms with Gasteiger partial charge in [0.15, 0.2) is 0 Å². The SMILES string of the molecule is CCCCNC(=N)c1ccccc1C(=O)NC(C)(C)C(C(=O)N1CCC(CC(=O)O)CC1)c1cccc(Cl)c1. The van der Waals surface area contributed by atoms with Crippen LogP contribution in [-0.4, -0.2) is 58.8 Å². The lowest BCUT2D eigenvalue weighted by Crippen LogP contribution is -2.54. The summed E-state index contributed by atoms with van der Waals surface area (Å²) in [5.41, 5.74) is 0.522. The molecule has 1 heterocycles. The first-order chi connectivity index (χ1) is 18.5. The molecule has 0 aliphatic carbocycles. The van der Waals surface area contributed by atoms with E-state index >= 15 is 0 Å². The van der Waals surface area contributed by atoms with E-state index in [1.54, 1.807) is 47.4 Å². The zero-order valence-electron chi connectivity index (χ0n) is 22.9. The molecule has 1 fully saturated rings. The van der Waals surface area contributed by atoms with Gasteiger partial charge in [-0.25, -0.2) is 0 Å². The van der Waals surface area contributed by atoms with Crippen molar-refractivity contribution < 1.29 is 19.5 Å². The summed E-state index contributed by atoms with van der Waals surface area (Å²) < 4.78 is 0. The number of piperidine rings is 1. The van der Waals surface area contributed by atoms with Gasteiger partial charge in [-0.2, -0.15) is 0 Å². The normalized spacial score (nSPS) is 14.9. The second kappa shape index (κ2) is 13.6. The molecule has 0 saturated carbocycles. The topological polar surface area (TPSA) is 123 Å². The number of carbonyl (C=O) groups is 3. The smallest absolute Gasteiger partial charge is 0.303 e. The Morgan fingerprint density at radius 3 is 2.38 bits per heavy atom. The summed E-state index contributed by atoms with van der Waals surface area (Å²) in [6.45, 7) is 7.27. The van der Waals surface area contributed by atoms with Gasteiger partial charge in [-0.1, -0.05) is 55.3 Å². The third kappa shape index (κ3) is 8.05. The Hall–Kier alpha value is -3.39. The minimum atomic E-state index is -1.01. The van der Waals surface area contributed by atoms with Crippen molar-refractivity contribution in [2.24, 2.45) is 5.92 Å². The molecule has 2 aromatic carbocycles. The lowest BCUT2D eigenvalue weighted by atomic mass is 9.79. The number of carboxylic acid groups (broad SMARTS) is 1. The van der Waals surface area contributed by atoms with E-state index in [9.17, 15) is 14.4 Å². The number of hydrogen-bond donors (Lipinski definition) is 4. The molecule has 1 atom stereocenters. The van der Waals surface area contributed by atoms with Gasteiger partial charge in [0.1, 0.15) is 5.84 Å². The first-order valence-corrected chi connectivity index (χ1v) is 13.9. The fourth-order valence-corrected chi connectivity index (χ4v) is 5.36. The number of nitrogens with one attached hydrogen (secondary N) is 3. The molecule has 1 unspecified atom stereocenters. The molecule has 1 aliphatic heterocycles. The number of nitrogens with zero attached hydrogens (tertiary/aromatic N) is 1. The van der Waals surface area contributed by atoms with Crippen LogP contribution in [0.15, 0.2) is 48.5 Å². The Morgan fingerprint density at radius 1 is 1.10 bits per heavy atom. The average Bonchev–Trinajstić information content (AvgIpc) is 2.88. The molecule has 2 amide bonds. The Bertz CT molecular complexity index is 1190. The Labute approximate surface area is 235 Å². The van der Waals surface area contributed by atoms with Crippen LogP contribution in [0.4, 0.5) is 0 Å². The Kier molecular flexibility index (Phi) is 10.5. The third-order valence-electron chi connectivity index (χ3n) is 7.25. The molecule has 9 heteroatoms. The first kappa shape index (κ1) is 30.2. The minimum absolute atomic E-state index is 0.0432. The molecule has 2 aromatic rings. The highest BCUT2D eigenvalue weighted by molar-refractivity contribution is 6.30. The quantitative estimate of drug-likeness (QED) is 0.176. The van der Waals surface area contributed by atoms with E-state index in [-0.39, 0.29) is 30.0 Å². The zero-order chi connectivity index (χ0) is 28.6. The van der Waals surface area contributed by atoms with Gasteiger partial charge in [0.2, 0.25) is 5.91 Å². The van der Waals surface area contributed by atoms with Crippen LogP contribution in [0.2, 0.25) is 5.02 Å². The van der Waals surface area contributed by atoms with Gasteiger partial charge in [-0.15, -0.1) is 0 Å². The number of benzene rings is 2. The second-order valence-electron chi connectivity index (χ2n) is 10.7. The van der Waals surface area contributed by atoms with Crippen LogP contribution in [-0.2, 0) is 9.59 Å². The summed E-state index contributed by atoms with van der Waals surface area (Å²) in [6.07, 6.45) is 3.25. The summed E-state index contributed by atoms with van der Waals surface area (Å²) in [5.74, 6) is -1.85. The van der Waals surface area contributed by atoms with Crippen molar-refractivity contribution in [2.45, 2.75) is 64.3 Å². The zero-order valence-corrected chi connectivity index (χ0v) is 23.7. The minimum Gasteiger partial charge on any atom is -0.481 e. The highest BCUT2D eigenvalue weighted by atomic mass is 35.5. The number of aliphatic carboxylic acids is 1. The maximum Gasteiger partial charge on any atom is 0.303 e. The number of halogens is 1. The summed E-state index contributed by atoms with van der Waals surface area (Å²) in [7, 11) is 0. The number of hydrogen-bond acceptors (Lipinski definition) is 4. The van der Waals surface area contributed by atoms with E-state index in [2.05, 4.69) is 17.6 Å². The molecule has 0 aromatic heterocycles. The summed E-state index contributed by atoms with van der Waals surface area (Å²) >= 11 is 6.31. The van der Waals surface area contributed by atoms with E-state index < -0.39 is 17.4 Å². The molecular weight excluding hydrogens is 516 g/mol. The van der Waals surface area contributed by atoms with Crippen molar-refractivity contribution in [1.29, 1.82) is 5.41 Å². The molecule has 1 saturated heterocycles. The van der Waals surface area contributed by atoms with E-state index in [0.29, 0.717) is 54.2 Å². The Balaban J connectivity index is 1.86. The van der Waals surface area contributed by atoms with E-state index in [4.69, 9.17) is 22.1 Å². The number of likely N-dealkylation sites (tertiary alicyclic amines) is 1. The molecule has 4 N–H and O–H groups in total. The first-order valence-electron chi connectivity index (χ1n) is 13.5. The maximum atomic E-state index is 14.0. The lowest BCUT2D eigenvalue weighted by molar-refractivity contribution is -0.139. The largest absolute Gasteiger partial charge is 0.481 e. The van der Waals surface area contributed by atoms with Crippen molar-refractivity contribution in [3.8, 4) is 0 Å². The van der Waals surface area contributed by atoms with Gasteiger partial charge in [0.05, 0.1) is 17.0 Å². The molecule has 210 valence electrons. The van der Waals surface area contributed by atoms with Crippen LogP contribution in [0.25, 0.3) is 0 Å². The summed E-state index contributed by atoms with van der Waals surface area (Å²) in [4.78, 5) is 40.5. The highest BCUT2D eigenvalue weighted by Crippen LogP contribution is 2.34. The third-order valence-corrected chi connectivity index (χ3v) is 7.48. The van der Waals surface area contributed by atoms with Crippen LogP contribution in [0.5, 0.6) is 0 Å². The average molecular weight is 555 g/mol. The second-order valence-corrected chi connectivity index (χ2v) is 11.2. The van der Waals surface area contributed by atoms with Gasteiger partial charge in [-0.05, 0) is 62.8 Å². The number of rotatable bonds is 11. The molecule has 39 heavy (non-hydrogen) atoms. The van der Waals surface area contributed by atoms with Crippen LogP contribution in [0.1, 0.15) is 80.3 Å².